The average Bonchev–Trinajstić information content (AvgIpc) is 2.44. The van der Waals surface area contributed by atoms with Gasteiger partial charge in [0.1, 0.15) is 5.57 Å². The second-order valence-corrected chi connectivity index (χ2v) is 5.28. The number of cyclic esters (lactones) is 2. The lowest BCUT2D eigenvalue weighted by molar-refractivity contribution is -0.222. The fourth-order valence-electron chi connectivity index (χ4n) is 1.92. The lowest BCUT2D eigenvalue weighted by Crippen LogP contribution is -2.41. The molecule has 2 rings (SSSR count). The highest BCUT2D eigenvalue weighted by atomic mass is 16.7. The van der Waals surface area contributed by atoms with Crippen molar-refractivity contribution in [2.24, 2.45) is 0 Å². The van der Waals surface area contributed by atoms with Gasteiger partial charge in [0, 0.05) is 13.8 Å². The molecule has 0 radical (unpaired) electrons. The number of carbonyl (C=O) groups excluding carboxylic acids is 2. The molecule has 1 fully saturated rings. The lowest BCUT2D eigenvalue weighted by Gasteiger charge is -2.29. The van der Waals surface area contributed by atoms with Gasteiger partial charge in [0.2, 0.25) is 0 Å². The van der Waals surface area contributed by atoms with E-state index in [0.29, 0.717) is 18.8 Å². The molecule has 0 aromatic heterocycles. The van der Waals surface area contributed by atoms with Gasteiger partial charge >= 0.3 is 11.9 Å². The molecule has 1 aromatic rings. The summed E-state index contributed by atoms with van der Waals surface area (Å²) in [5.41, 5.74) is 1.57. The molecule has 22 heavy (non-hydrogen) atoms. The Morgan fingerprint density at radius 3 is 2.27 bits per heavy atom. The van der Waals surface area contributed by atoms with Crippen LogP contribution < -0.4 is 0 Å². The molecule has 1 aliphatic heterocycles. The van der Waals surface area contributed by atoms with Gasteiger partial charge in [0.05, 0.1) is 13.2 Å². The maximum Gasteiger partial charge on any atom is 0.348 e. The van der Waals surface area contributed by atoms with Gasteiger partial charge in [-0.15, -0.1) is 6.58 Å². The Hall–Kier alpha value is -2.40. The Morgan fingerprint density at radius 1 is 1.14 bits per heavy atom. The van der Waals surface area contributed by atoms with Gasteiger partial charge in [-0.1, -0.05) is 30.3 Å². The first kappa shape index (κ1) is 16.0. The first-order valence-corrected chi connectivity index (χ1v) is 6.87. The molecule has 5 heteroatoms. The zero-order valence-electron chi connectivity index (χ0n) is 12.6. The second kappa shape index (κ2) is 6.58. The molecule has 5 nitrogen and oxygen atoms in total. The number of hydrogen-bond donors (Lipinski definition) is 0. The third-order valence-electron chi connectivity index (χ3n) is 2.91. The van der Waals surface area contributed by atoms with E-state index in [1.54, 1.807) is 18.2 Å². The molecule has 0 N–H and O–H groups in total. The molecule has 1 aromatic carbocycles. The second-order valence-electron chi connectivity index (χ2n) is 5.28. The first-order chi connectivity index (χ1) is 10.4. The van der Waals surface area contributed by atoms with E-state index >= 15 is 0 Å². The number of hydrogen-bond acceptors (Lipinski definition) is 5. The van der Waals surface area contributed by atoms with E-state index in [-0.39, 0.29) is 5.57 Å². The Balaban J connectivity index is 2.10. The minimum Gasteiger partial charge on any atom is -0.419 e. The zero-order valence-corrected chi connectivity index (χ0v) is 12.6. The van der Waals surface area contributed by atoms with Gasteiger partial charge in [-0.2, -0.15) is 0 Å². The summed E-state index contributed by atoms with van der Waals surface area (Å²) >= 11 is 0. The van der Waals surface area contributed by atoms with Gasteiger partial charge in [-0.3, -0.25) is 0 Å². The number of carbonyl (C=O) groups is 2. The predicted octanol–water partition coefficient (Wildman–Crippen LogP) is 2.61. The van der Waals surface area contributed by atoms with Gasteiger partial charge in [-0.05, 0) is 17.2 Å². The highest BCUT2D eigenvalue weighted by Crippen LogP contribution is 2.24. The molecule has 0 amide bonds. The normalized spacial score (nSPS) is 16.7. The van der Waals surface area contributed by atoms with Crippen molar-refractivity contribution >= 4 is 18.0 Å². The summed E-state index contributed by atoms with van der Waals surface area (Å²) in [6, 6.07) is 7.30. The van der Waals surface area contributed by atoms with Gasteiger partial charge in [0.15, 0.2) is 0 Å². The van der Waals surface area contributed by atoms with E-state index in [2.05, 4.69) is 6.58 Å². The Morgan fingerprint density at radius 2 is 1.73 bits per heavy atom. The summed E-state index contributed by atoms with van der Waals surface area (Å²) in [5, 5.41) is 0. The van der Waals surface area contributed by atoms with Crippen molar-refractivity contribution < 1.29 is 23.8 Å². The van der Waals surface area contributed by atoms with Crippen LogP contribution in [0.2, 0.25) is 0 Å². The smallest absolute Gasteiger partial charge is 0.348 e. The topological polar surface area (TPSA) is 61.8 Å². The van der Waals surface area contributed by atoms with Crippen LogP contribution in [0.4, 0.5) is 0 Å². The molecule has 0 bridgehead atoms. The number of benzene rings is 1. The molecule has 116 valence electrons. The standard InChI is InChI=1S/C17H18O5/c1-4-9-20-11-13-7-5-12(6-8-13)10-14-15(18)21-17(2,3)22-16(14)19/h4-8,10H,1,9,11H2,2-3H3. The minimum atomic E-state index is -1.22. The predicted molar refractivity (Wildman–Crippen MR) is 80.5 cm³/mol. The maximum absolute atomic E-state index is 11.8. The third-order valence-corrected chi connectivity index (χ3v) is 2.91. The third kappa shape index (κ3) is 4.05. The number of esters is 2. The largest absolute Gasteiger partial charge is 0.419 e. The van der Waals surface area contributed by atoms with E-state index in [9.17, 15) is 9.59 Å². The van der Waals surface area contributed by atoms with E-state index in [4.69, 9.17) is 14.2 Å². The molecule has 0 spiro atoms. The van der Waals surface area contributed by atoms with Crippen molar-refractivity contribution in [3.05, 3.63) is 53.6 Å². The summed E-state index contributed by atoms with van der Waals surface area (Å²) in [6.45, 7) is 7.56. The van der Waals surface area contributed by atoms with Crippen LogP contribution >= 0.6 is 0 Å². The molecule has 0 unspecified atom stereocenters. The fraction of sp³-hybridized carbons (Fsp3) is 0.294. The van der Waals surface area contributed by atoms with Crippen molar-refractivity contribution in [3.8, 4) is 0 Å². The quantitative estimate of drug-likeness (QED) is 0.275. The minimum absolute atomic E-state index is 0.116. The summed E-state index contributed by atoms with van der Waals surface area (Å²) < 4.78 is 15.4. The van der Waals surface area contributed by atoms with E-state index < -0.39 is 17.7 Å². The van der Waals surface area contributed by atoms with E-state index in [1.807, 2.05) is 12.1 Å². The summed E-state index contributed by atoms with van der Waals surface area (Å²) in [5.74, 6) is -2.59. The van der Waals surface area contributed by atoms with Crippen molar-refractivity contribution in [1.29, 1.82) is 0 Å². The van der Waals surface area contributed by atoms with Crippen molar-refractivity contribution in [3.63, 3.8) is 0 Å². The first-order valence-electron chi connectivity index (χ1n) is 6.87. The molecule has 0 atom stereocenters. The van der Waals surface area contributed by atoms with Crippen LogP contribution in [-0.4, -0.2) is 24.3 Å². The molecule has 1 aliphatic rings. The number of rotatable bonds is 5. The Bertz CT molecular complexity index is 588. The fourth-order valence-corrected chi connectivity index (χ4v) is 1.92. The Labute approximate surface area is 129 Å². The summed E-state index contributed by atoms with van der Waals surface area (Å²) in [4.78, 5) is 23.7. The van der Waals surface area contributed by atoms with Gasteiger partial charge in [-0.25, -0.2) is 9.59 Å². The van der Waals surface area contributed by atoms with Crippen LogP contribution in [0.25, 0.3) is 6.08 Å². The van der Waals surface area contributed by atoms with Crippen LogP contribution in [0.15, 0.2) is 42.5 Å². The van der Waals surface area contributed by atoms with Crippen LogP contribution in [0.3, 0.4) is 0 Å². The molecular weight excluding hydrogens is 284 g/mol. The van der Waals surface area contributed by atoms with Gasteiger partial charge < -0.3 is 14.2 Å². The van der Waals surface area contributed by atoms with Crippen molar-refractivity contribution in [1.82, 2.24) is 0 Å². The van der Waals surface area contributed by atoms with Crippen LogP contribution in [0.1, 0.15) is 25.0 Å². The van der Waals surface area contributed by atoms with Crippen LogP contribution in [0, 0.1) is 0 Å². The molecular formula is C17H18O5. The highest BCUT2D eigenvalue weighted by Gasteiger charge is 2.38. The van der Waals surface area contributed by atoms with E-state index in [1.165, 1.54) is 19.9 Å². The van der Waals surface area contributed by atoms with Crippen molar-refractivity contribution in [2.75, 3.05) is 6.61 Å². The maximum atomic E-state index is 11.8. The van der Waals surface area contributed by atoms with Crippen molar-refractivity contribution in [2.45, 2.75) is 26.2 Å². The monoisotopic (exact) mass is 302 g/mol. The average molecular weight is 302 g/mol. The SMILES string of the molecule is C=CCOCc1ccc(C=C2C(=O)OC(C)(C)OC2=O)cc1. The summed E-state index contributed by atoms with van der Waals surface area (Å²) in [7, 11) is 0. The van der Waals surface area contributed by atoms with E-state index in [0.717, 1.165) is 5.56 Å². The number of ether oxygens (including phenoxy) is 3. The van der Waals surface area contributed by atoms with Gasteiger partial charge in [0.25, 0.3) is 5.79 Å². The molecule has 1 heterocycles. The van der Waals surface area contributed by atoms with Crippen LogP contribution in [0.5, 0.6) is 0 Å². The zero-order chi connectivity index (χ0) is 16.2. The molecule has 0 aliphatic carbocycles. The Kier molecular flexibility index (Phi) is 4.78. The highest BCUT2D eigenvalue weighted by molar-refractivity contribution is 6.18. The van der Waals surface area contributed by atoms with Crippen LogP contribution in [-0.2, 0) is 30.4 Å². The molecule has 0 saturated carbocycles. The summed E-state index contributed by atoms with van der Waals surface area (Å²) in [6.07, 6.45) is 3.13. The molecule has 1 saturated heterocycles. The lowest BCUT2D eigenvalue weighted by atomic mass is 10.1.